The Morgan fingerprint density at radius 1 is 0.818 bits per heavy atom. The first-order valence-corrected chi connectivity index (χ1v) is 15.9. The SMILES string of the molecule is Cc1c(Cc2ccc3c(c2)OCO3)sc(NC(=O)c2cc(-c3ccccc3)nc3ccccc23)c1-c1nc2ccccc2s1. The van der Waals surface area contributed by atoms with Gasteiger partial charge in [-0.3, -0.25) is 4.79 Å². The molecule has 44 heavy (non-hydrogen) atoms. The van der Waals surface area contributed by atoms with E-state index in [1.54, 1.807) is 22.7 Å². The number of thiazole rings is 1. The van der Waals surface area contributed by atoms with Gasteiger partial charge in [0.05, 0.1) is 27.0 Å². The third-order valence-electron chi connectivity index (χ3n) is 7.81. The molecule has 1 amide bonds. The van der Waals surface area contributed by atoms with Gasteiger partial charge in [0.2, 0.25) is 6.79 Å². The van der Waals surface area contributed by atoms with Crippen molar-refractivity contribution in [1.29, 1.82) is 0 Å². The van der Waals surface area contributed by atoms with E-state index >= 15 is 0 Å². The average molecular weight is 612 g/mol. The van der Waals surface area contributed by atoms with Gasteiger partial charge in [0.15, 0.2) is 11.5 Å². The van der Waals surface area contributed by atoms with Gasteiger partial charge in [-0.2, -0.15) is 0 Å². The Morgan fingerprint density at radius 3 is 2.45 bits per heavy atom. The van der Waals surface area contributed by atoms with Crippen molar-refractivity contribution < 1.29 is 14.3 Å². The summed E-state index contributed by atoms with van der Waals surface area (Å²) in [6.07, 6.45) is 0.692. The van der Waals surface area contributed by atoms with E-state index in [0.29, 0.717) is 12.0 Å². The van der Waals surface area contributed by atoms with Crippen molar-refractivity contribution in [3.63, 3.8) is 0 Å². The molecular weight excluding hydrogens is 587 g/mol. The van der Waals surface area contributed by atoms with Gasteiger partial charge < -0.3 is 14.8 Å². The Hall–Kier alpha value is -5.05. The molecule has 0 bridgehead atoms. The van der Waals surface area contributed by atoms with Crippen LogP contribution in [0.3, 0.4) is 0 Å². The summed E-state index contributed by atoms with van der Waals surface area (Å²) in [6, 6.07) is 33.8. The van der Waals surface area contributed by atoms with Gasteiger partial charge in [-0.1, -0.05) is 66.7 Å². The number of thiophene rings is 1. The van der Waals surface area contributed by atoms with Crippen molar-refractivity contribution in [2.75, 3.05) is 12.1 Å². The fourth-order valence-corrected chi connectivity index (χ4v) is 7.96. The van der Waals surface area contributed by atoms with Crippen LogP contribution in [0.5, 0.6) is 11.5 Å². The van der Waals surface area contributed by atoms with E-state index in [-0.39, 0.29) is 12.7 Å². The maximum atomic E-state index is 14.2. The number of ether oxygens (including phenoxy) is 2. The minimum Gasteiger partial charge on any atom is -0.454 e. The minimum absolute atomic E-state index is 0.181. The molecule has 0 radical (unpaired) electrons. The topological polar surface area (TPSA) is 73.3 Å². The zero-order chi connectivity index (χ0) is 29.6. The molecule has 1 N–H and O–H groups in total. The zero-order valence-electron chi connectivity index (χ0n) is 23.7. The van der Waals surface area contributed by atoms with Gasteiger partial charge in [0, 0.05) is 27.8 Å². The molecule has 1 aliphatic rings. The van der Waals surface area contributed by atoms with Gasteiger partial charge in [0.1, 0.15) is 10.0 Å². The van der Waals surface area contributed by atoms with Crippen LogP contribution >= 0.6 is 22.7 Å². The second-order valence-corrected chi connectivity index (χ2v) is 12.7. The summed E-state index contributed by atoms with van der Waals surface area (Å²) in [6.45, 7) is 2.36. The van der Waals surface area contributed by atoms with E-state index < -0.39 is 0 Å². The molecule has 6 nitrogen and oxygen atoms in total. The molecule has 214 valence electrons. The Balaban J connectivity index is 1.22. The molecule has 4 aromatic carbocycles. The van der Waals surface area contributed by atoms with Gasteiger partial charge in [-0.15, -0.1) is 22.7 Å². The lowest BCUT2D eigenvalue weighted by molar-refractivity contribution is 0.102. The fraction of sp³-hybridized carbons (Fsp3) is 0.0833. The van der Waals surface area contributed by atoms with Crippen molar-refractivity contribution in [2.45, 2.75) is 13.3 Å². The highest BCUT2D eigenvalue weighted by atomic mass is 32.1. The zero-order valence-corrected chi connectivity index (χ0v) is 25.3. The average Bonchev–Trinajstić information content (AvgIpc) is 3.77. The molecule has 0 fully saturated rings. The largest absolute Gasteiger partial charge is 0.454 e. The highest BCUT2D eigenvalue weighted by Crippen LogP contribution is 2.45. The molecule has 7 aromatic rings. The molecule has 0 aliphatic carbocycles. The van der Waals surface area contributed by atoms with Crippen LogP contribution in [0.25, 0.3) is 42.9 Å². The number of anilines is 1. The van der Waals surface area contributed by atoms with Crippen LogP contribution in [0.1, 0.15) is 26.4 Å². The lowest BCUT2D eigenvalue weighted by Gasteiger charge is -2.11. The summed E-state index contributed by atoms with van der Waals surface area (Å²) < 4.78 is 12.2. The number of para-hydroxylation sites is 2. The number of aromatic nitrogens is 2. The lowest BCUT2D eigenvalue weighted by Crippen LogP contribution is -2.13. The van der Waals surface area contributed by atoms with E-state index in [2.05, 4.69) is 24.4 Å². The van der Waals surface area contributed by atoms with Crippen LogP contribution in [-0.4, -0.2) is 22.7 Å². The van der Waals surface area contributed by atoms with Gasteiger partial charge in [-0.25, -0.2) is 9.97 Å². The standard InChI is InChI=1S/C36H25N3O3S2/c1-21-32(18-22-15-16-29-30(17-22)42-20-41-29)44-36(33(21)35-38-27-13-7-8-14-31(27)43-35)39-34(40)25-19-28(23-9-3-2-4-10-23)37-26-12-6-5-11-24(25)26/h2-17,19H,18,20H2,1H3,(H,39,40). The van der Waals surface area contributed by atoms with Crippen LogP contribution in [0.2, 0.25) is 0 Å². The van der Waals surface area contributed by atoms with E-state index in [4.69, 9.17) is 19.4 Å². The quantitative estimate of drug-likeness (QED) is 0.203. The number of hydrogen-bond donors (Lipinski definition) is 1. The summed E-state index contributed by atoms with van der Waals surface area (Å²) in [5.41, 5.74) is 7.19. The van der Waals surface area contributed by atoms with E-state index in [0.717, 1.165) is 75.5 Å². The Labute approximate surface area is 261 Å². The number of rotatable bonds is 6. The number of carbonyl (C=O) groups is 1. The van der Waals surface area contributed by atoms with Crippen molar-refractivity contribution in [3.05, 3.63) is 125 Å². The molecule has 3 aromatic heterocycles. The van der Waals surface area contributed by atoms with Gasteiger partial charge in [-0.05, 0) is 54.4 Å². The molecule has 4 heterocycles. The Bertz CT molecular complexity index is 2170. The van der Waals surface area contributed by atoms with Crippen molar-refractivity contribution in [2.24, 2.45) is 0 Å². The summed E-state index contributed by atoms with van der Waals surface area (Å²) >= 11 is 3.23. The minimum atomic E-state index is -0.181. The third-order valence-corrected chi connectivity index (χ3v) is 10.1. The van der Waals surface area contributed by atoms with Crippen LogP contribution in [0, 0.1) is 6.92 Å². The number of hydrogen-bond acceptors (Lipinski definition) is 7. The molecule has 8 rings (SSSR count). The molecular formula is C36H25N3O3S2. The van der Waals surface area contributed by atoms with E-state index in [1.807, 2.05) is 91.0 Å². The molecule has 0 unspecified atom stereocenters. The summed E-state index contributed by atoms with van der Waals surface area (Å²) in [7, 11) is 0. The molecule has 1 aliphatic heterocycles. The predicted octanol–water partition coefficient (Wildman–Crippen LogP) is 9.12. The lowest BCUT2D eigenvalue weighted by atomic mass is 10.0. The first kappa shape index (κ1) is 26.6. The van der Waals surface area contributed by atoms with Gasteiger partial charge >= 0.3 is 0 Å². The third kappa shape index (κ3) is 4.78. The summed E-state index contributed by atoms with van der Waals surface area (Å²) in [5.74, 6) is 1.34. The molecule has 0 atom stereocenters. The Morgan fingerprint density at radius 2 is 1.59 bits per heavy atom. The molecule has 0 saturated carbocycles. The summed E-state index contributed by atoms with van der Waals surface area (Å²) in [5, 5.41) is 5.78. The number of amides is 1. The second kappa shape index (κ2) is 10.9. The monoisotopic (exact) mass is 611 g/mol. The number of benzene rings is 4. The van der Waals surface area contributed by atoms with E-state index in [9.17, 15) is 4.79 Å². The fourth-order valence-electron chi connectivity index (χ4n) is 5.58. The maximum Gasteiger partial charge on any atom is 0.257 e. The van der Waals surface area contributed by atoms with Crippen molar-refractivity contribution in [1.82, 2.24) is 9.97 Å². The molecule has 0 spiro atoms. The van der Waals surface area contributed by atoms with Crippen molar-refractivity contribution in [3.8, 4) is 33.3 Å². The van der Waals surface area contributed by atoms with Crippen molar-refractivity contribution >= 4 is 54.7 Å². The maximum absolute atomic E-state index is 14.2. The second-order valence-electron chi connectivity index (χ2n) is 10.6. The number of fused-ring (bicyclic) bond motifs is 3. The highest BCUT2D eigenvalue weighted by molar-refractivity contribution is 7.23. The first-order valence-electron chi connectivity index (χ1n) is 14.2. The molecule has 8 heteroatoms. The smallest absolute Gasteiger partial charge is 0.257 e. The highest BCUT2D eigenvalue weighted by Gasteiger charge is 2.24. The number of pyridine rings is 1. The van der Waals surface area contributed by atoms with E-state index in [1.165, 1.54) is 0 Å². The first-order chi connectivity index (χ1) is 21.6. The predicted molar refractivity (Wildman–Crippen MR) is 178 cm³/mol. The van der Waals surface area contributed by atoms with Gasteiger partial charge in [0.25, 0.3) is 5.91 Å². The van der Waals surface area contributed by atoms with Crippen LogP contribution in [-0.2, 0) is 6.42 Å². The van der Waals surface area contributed by atoms with Crippen LogP contribution < -0.4 is 14.8 Å². The normalized spacial score (nSPS) is 12.2. The molecule has 0 saturated heterocycles. The Kier molecular flexibility index (Phi) is 6.58. The number of carbonyl (C=O) groups excluding carboxylic acids is 1. The number of nitrogens with one attached hydrogen (secondary N) is 1. The number of nitrogens with zero attached hydrogens (tertiary/aromatic N) is 2. The summed E-state index contributed by atoms with van der Waals surface area (Å²) in [4.78, 5) is 25.2. The van der Waals surface area contributed by atoms with Crippen LogP contribution in [0.4, 0.5) is 5.00 Å². The van der Waals surface area contributed by atoms with Crippen LogP contribution in [0.15, 0.2) is 103 Å².